The van der Waals surface area contributed by atoms with Gasteiger partial charge in [-0.25, -0.2) is 0 Å². The number of likely N-dealkylation sites (tertiary alicyclic amines) is 1. The lowest BCUT2D eigenvalue weighted by Crippen LogP contribution is -2.43. The van der Waals surface area contributed by atoms with Crippen LogP contribution in [0.4, 0.5) is 5.13 Å². The molecule has 1 aromatic heterocycles. The number of rotatable bonds is 4. The number of halogens is 2. The Morgan fingerprint density at radius 2 is 2.16 bits per heavy atom. The first-order valence-corrected chi connectivity index (χ1v) is 9.46. The molecule has 3 rings (SSSR count). The minimum atomic E-state index is -0.559. The first-order chi connectivity index (χ1) is 12.0. The van der Waals surface area contributed by atoms with Crippen LogP contribution in [0.15, 0.2) is 18.2 Å². The van der Waals surface area contributed by atoms with Gasteiger partial charge in [-0.1, -0.05) is 41.5 Å². The first-order valence-electron chi connectivity index (χ1n) is 7.89. The zero-order chi connectivity index (χ0) is 18.0. The average Bonchev–Trinajstić information content (AvgIpc) is 3.25. The maximum atomic E-state index is 12.8. The average molecular weight is 399 g/mol. The smallest absolute Gasteiger partial charge is 0.256 e. The van der Waals surface area contributed by atoms with Crippen molar-refractivity contribution >= 4 is 51.5 Å². The number of aromatic nitrogens is 2. The molecule has 0 bridgehead atoms. The van der Waals surface area contributed by atoms with Crippen LogP contribution >= 0.6 is 34.5 Å². The van der Waals surface area contributed by atoms with E-state index >= 15 is 0 Å². The zero-order valence-electron chi connectivity index (χ0n) is 13.5. The number of nitrogens with zero attached hydrogens (tertiary/aromatic N) is 3. The third-order valence-corrected chi connectivity index (χ3v) is 5.52. The molecule has 6 nitrogen and oxygen atoms in total. The van der Waals surface area contributed by atoms with Gasteiger partial charge in [0, 0.05) is 11.6 Å². The van der Waals surface area contributed by atoms with Gasteiger partial charge in [0.15, 0.2) is 0 Å². The van der Waals surface area contributed by atoms with Crippen molar-refractivity contribution in [3.05, 3.63) is 38.8 Å². The summed E-state index contributed by atoms with van der Waals surface area (Å²) in [6.45, 7) is 2.47. The van der Waals surface area contributed by atoms with Crippen LogP contribution < -0.4 is 5.32 Å². The topological polar surface area (TPSA) is 75.2 Å². The van der Waals surface area contributed by atoms with Crippen LogP contribution in [-0.4, -0.2) is 39.5 Å². The van der Waals surface area contributed by atoms with E-state index in [0.717, 1.165) is 17.8 Å². The highest BCUT2D eigenvalue weighted by molar-refractivity contribution is 7.15. The van der Waals surface area contributed by atoms with Gasteiger partial charge in [0.2, 0.25) is 11.0 Å². The van der Waals surface area contributed by atoms with Crippen LogP contribution in [0.25, 0.3) is 0 Å². The Kier molecular flexibility index (Phi) is 5.56. The molecule has 1 aliphatic heterocycles. The van der Waals surface area contributed by atoms with Crippen molar-refractivity contribution in [3.63, 3.8) is 0 Å². The molecule has 1 atom stereocenters. The van der Waals surface area contributed by atoms with Gasteiger partial charge in [-0.2, -0.15) is 0 Å². The molecular formula is C16H16Cl2N4O2S. The number of amides is 2. The lowest BCUT2D eigenvalue weighted by Gasteiger charge is -2.24. The number of carbonyl (C=O) groups excluding carboxylic acids is 2. The maximum Gasteiger partial charge on any atom is 0.256 e. The van der Waals surface area contributed by atoms with E-state index in [1.165, 1.54) is 22.3 Å². The highest BCUT2D eigenvalue weighted by Gasteiger charge is 2.35. The Bertz CT molecular complexity index is 811. The summed E-state index contributed by atoms with van der Waals surface area (Å²) in [6.07, 6.45) is 2.10. The molecule has 0 unspecified atom stereocenters. The molecule has 0 radical (unpaired) electrons. The predicted octanol–water partition coefficient (Wildman–Crippen LogP) is 3.65. The SMILES string of the molecule is CCc1nnc(NC(=O)[C@H]2CCCN2C(=O)c2cc(Cl)ccc2Cl)s1. The Morgan fingerprint density at radius 3 is 2.88 bits per heavy atom. The quantitative estimate of drug-likeness (QED) is 0.852. The number of carbonyl (C=O) groups is 2. The van der Waals surface area contributed by atoms with Gasteiger partial charge in [0.1, 0.15) is 11.0 Å². The molecule has 1 N–H and O–H groups in total. The number of aryl methyl sites for hydroxylation is 1. The van der Waals surface area contributed by atoms with Gasteiger partial charge in [0.25, 0.3) is 5.91 Å². The monoisotopic (exact) mass is 398 g/mol. The number of hydrogen-bond donors (Lipinski definition) is 1. The third kappa shape index (κ3) is 3.94. The third-order valence-electron chi connectivity index (χ3n) is 3.97. The Morgan fingerprint density at radius 1 is 1.36 bits per heavy atom. The minimum Gasteiger partial charge on any atom is -0.327 e. The summed E-state index contributed by atoms with van der Waals surface area (Å²) < 4.78 is 0. The fourth-order valence-electron chi connectivity index (χ4n) is 2.73. The number of benzene rings is 1. The standard InChI is InChI=1S/C16H16Cl2N4O2S/c1-2-13-20-21-16(25-13)19-14(23)12-4-3-7-22(12)15(24)10-8-9(17)5-6-11(10)18/h5-6,8,12H,2-4,7H2,1H3,(H,19,21,23)/t12-/m1/s1. The summed E-state index contributed by atoms with van der Waals surface area (Å²) in [6, 6.07) is 4.17. The summed E-state index contributed by atoms with van der Waals surface area (Å²) in [4.78, 5) is 26.9. The van der Waals surface area contributed by atoms with Crippen LogP contribution in [-0.2, 0) is 11.2 Å². The molecule has 1 aliphatic rings. The van der Waals surface area contributed by atoms with Crippen molar-refractivity contribution in [2.45, 2.75) is 32.2 Å². The number of hydrogen-bond acceptors (Lipinski definition) is 5. The van der Waals surface area contributed by atoms with E-state index in [1.807, 2.05) is 6.92 Å². The van der Waals surface area contributed by atoms with E-state index in [-0.39, 0.29) is 11.8 Å². The molecule has 0 saturated carbocycles. The molecule has 0 aliphatic carbocycles. The normalized spacial score (nSPS) is 16.9. The summed E-state index contributed by atoms with van der Waals surface area (Å²) in [5.74, 6) is -0.556. The largest absolute Gasteiger partial charge is 0.327 e. The second-order valence-electron chi connectivity index (χ2n) is 5.62. The van der Waals surface area contributed by atoms with Crippen LogP contribution in [0, 0.1) is 0 Å². The summed E-state index contributed by atoms with van der Waals surface area (Å²) >= 11 is 13.4. The van der Waals surface area contributed by atoms with Gasteiger partial charge in [0.05, 0.1) is 10.6 Å². The van der Waals surface area contributed by atoms with Gasteiger partial charge < -0.3 is 4.90 Å². The van der Waals surface area contributed by atoms with E-state index < -0.39 is 6.04 Å². The summed E-state index contributed by atoms with van der Waals surface area (Å²) in [5, 5.41) is 12.7. The van der Waals surface area contributed by atoms with Crippen LogP contribution in [0.1, 0.15) is 35.1 Å². The fourth-order valence-corrected chi connectivity index (χ4v) is 3.79. The van der Waals surface area contributed by atoms with E-state index in [0.29, 0.717) is 33.7 Å². The van der Waals surface area contributed by atoms with Crippen molar-refractivity contribution in [3.8, 4) is 0 Å². The lowest BCUT2D eigenvalue weighted by atomic mass is 10.1. The van der Waals surface area contributed by atoms with Gasteiger partial charge in [-0.15, -0.1) is 10.2 Å². The van der Waals surface area contributed by atoms with E-state index in [1.54, 1.807) is 12.1 Å². The zero-order valence-corrected chi connectivity index (χ0v) is 15.8. The molecular weight excluding hydrogens is 383 g/mol. The second kappa shape index (κ2) is 7.68. The lowest BCUT2D eigenvalue weighted by molar-refractivity contribution is -0.119. The van der Waals surface area contributed by atoms with Crippen molar-refractivity contribution in [2.24, 2.45) is 0 Å². The summed E-state index contributed by atoms with van der Waals surface area (Å²) in [7, 11) is 0. The van der Waals surface area contributed by atoms with E-state index in [2.05, 4.69) is 15.5 Å². The maximum absolute atomic E-state index is 12.8. The second-order valence-corrected chi connectivity index (χ2v) is 7.53. The fraction of sp³-hybridized carbons (Fsp3) is 0.375. The van der Waals surface area contributed by atoms with Gasteiger partial charge in [-0.05, 0) is 37.5 Å². The Balaban J connectivity index is 1.76. The molecule has 2 heterocycles. The van der Waals surface area contributed by atoms with Crippen LogP contribution in [0.5, 0.6) is 0 Å². The van der Waals surface area contributed by atoms with Gasteiger partial charge >= 0.3 is 0 Å². The molecule has 2 amide bonds. The Labute approximate surface area is 159 Å². The molecule has 132 valence electrons. The Hall–Kier alpha value is -1.70. The van der Waals surface area contributed by atoms with Crippen molar-refractivity contribution in [1.82, 2.24) is 15.1 Å². The van der Waals surface area contributed by atoms with Crippen molar-refractivity contribution < 1.29 is 9.59 Å². The minimum absolute atomic E-state index is 0.261. The van der Waals surface area contributed by atoms with E-state index in [4.69, 9.17) is 23.2 Å². The molecule has 2 aromatic rings. The van der Waals surface area contributed by atoms with Gasteiger partial charge in [-0.3, -0.25) is 14.9 Å². The molecule has 25 heavy (non-hydrogen) atoms. The molecule has 9 heteroatoms. The highest BCUT2D eigenvalue weighted by atomic mass is 35.5. The highest BCUT2D eigenvalue weighted by Crippen LogP contribution is 2.27. The molecule has 1 saturated heterocycles. The molecule has 0 spiro atoms. The predicted molar refractivity (Wildman–Crippen MR) is 98.4 cm³/mol. The summed E-state index contributed by atoms with van der Waals surface area (Å²) in [5.41, 5.74) is 0.304. The van der Waals surface area contributed by atoms with Crippen LogP contribution in [0.2, 0.25) is 10.0 Å². The van der Waals surface area contributed by atoms with E-state index in [9.17, 15) is 9.59 Å². The number of nitrogens with one attached hydrogen (secondary N) is 1. The van der Waals surface area contributed by atoms with Crippen molar-refractivity contribution in [2.75, 3.05) is 11.9 Å². The van der Waals surface area contributed by atoms with Crippen LogP contribution in [0.3, 0.4) is 0 Å². The first kappa shape index (κ1) is 18.1. The molecule has 1 aromatic carbocycles. The van der Waals surface area contributed by atoms with Crippen molar-refractivity contribution in [1.29, 1.82) is 0 Å². The molecule has 1 fully saturated rings. The number of anilines is 1.